The zero-order valence-corrected chi connectivity index (χ0v) is 7.64. The Morgan fingerprint density at radius 1 is 1.50 bits per heavy atom. The topological polar surface area (TPSA) is 63.6 Å². The summed E-state index contributed by atoms with van der Waals surface area (Å²) in [5, 5.41) is 8.81. The fourth-order valence-corrected chi connectivity index (χ4v) is 1.22. The van der Waals surface area contributed by atoms with E-state index in [-0.39, 0.29) is 0 Å². The summed E-state index contributed by atoms with van der Waals surface area (Å²) in [5.74, 6) is -1.11. The van der Waals surface area contributed by atoms with E-state index < -0.39 is 12.1 Å². The van der Waals surface area contributed by atoms with E-state index in [1.54, 1.807) is 24.3 Å². The van der Waals surface area contributed by atoms with Crippen LogP contribution in [0.1, 0.15) is 22.0 Å². The van der Waals surface area contributed by atoms with Gasteiger partial charge in [0.15, 0.2) is 6.10 Å². The van der Waals surface area contributed by atoms with E-state index in [1.165, 1.54) is 7.11 Å². The van der Waals surface area contributed by atoms with Gasteiger partial charge in [-0.1, -0.05) is 24.3 Å². The van der Waals surface area contributed by atoms with Crippen molar-refractivity contribution >= 4 is 12.3 Å². The van der Waals surface area contributed by atoms with E-state index in [1.807, 2.05) is 0 Å². The summed E-state index contributed by atoms with van der Waals surface area (Å²) < 4.78 is 4.78. The molecule has 0 saturated heterocycles. The van der Waals surface area contributed by atoms with Crippen LogP contribution in [0, 0.1) is 0 Å². The van der Waals surface area contributed by atoms with Gasteiger partial charge in [-0.2, -0.15) is 0 Å². The number of ether oxygens (including phenoxy) is 1. The average molecular weight is 194 g/mol. The Kier molecular flexibility index (Phi) is 3.36. The molecule has 0 aliphatic rings. The molecule has 4 nitrogen and oxygen atoms in total. The normalized spacial score (nSPS) is 12.1. The lowest BCUT2D eigenvalue weighted by Gasteiger charge is -2.12. The van der Waals surface area contributed by atoms with Crippen molar-refractivity contribution in [3.8, 4) is 0 Å². The largest absolute Gasteiger partial charge is 0.479 e. The molecule has 1 atom stereocenters. The van der Waals surface area contributed by atoms with Crippen LogP contribution < -0.4 is 0 Å². The highest BCUT2D eigenvalue weighted by molar-refractivity contribution is 5.83. The van der Waals surface area contributed by atoms with E-state index >= 15 is 0 Å². The van der Waals surface area contributed by atoms with Gasteiger partial charge < -0.3 is 9.84 Å². The first-order chi connectivity index (χ1) is 6.70. The van der Waals surface area contributed by atoms with Gasteiger partial charge in [0, 0.05) is 18.2 Å². The number of carboxylic acid groups (broad SMARTS) is 1. The highest BCUT2D eigenvalue weighted by Gasteiger charge is 2.21. The maximum Gasteiger partial charge on any atom is 0.337 e. The summed E-state index contributed by atoms with van der Waals surface area (Å²) in [6.07, 6.45) is -0.471. The van der Waals surface area contributed by atoms with Gasteiger partial charge >= 0.3 is 5.97 Å². The molecule has 1 rings (SSSR count). The lowest BCUT2D eigenvalue weighted by Crippen LogP contribution is -2.15. The number of carbonyl (C=O) groups excluding carboxylic acids is 1. The minimum atomic E-state index is -1.11. The summed E-state index contributed by atoms with van der Waals surface area (Å²) in [6.45, 7) is 0. The molecule has 0 saturated carbocycles. The van der Waals surface area contributed by atoms with Crippen molar-refractivity contribution in [3.63, 3.8) is 0 Å². The van der Waals surface area contributed by atoms with Gasteiger partial charge in [-0.05, 0) is 0 Å². The van der Waals surface area contributed by atoms with Crippen LogP contribution >= 0.6 is 0 Å². The zero-order chi connectivity index (χ0) is 10.6. The molecule has 4 heteroatoms. The third kappa shape index (κ3) is 1.97. The summed E-state index contributed by atoms with van der Waals surface area (Å²) in [7, 11) is 1.29. The van der Waals surface area contributed by atoms with Crippen LogP contribution in [0.25, 0.3) is 0 Å². The summed E-state index contributed by atoms with van der Waals surface area (Å²) in [5.41, 5.74) is 0.708. The molecule has 0 radical (unpaired) electrons. The Labute approximate surface area is 81.1 Å². The fourth-order valence-electron chi connectivity index (χ4n) is 1.22. The van der Waals surface area contributed by atoms with Crippen LogP contribution in [0.5, 0.6) is 0 Å². The first-order valence-electron chi connectivity index (χ1n) is 4.00. The van der Waals surface area contributed by atoms with Crippen LogP contribution in [0.15, 0.2) is 24.3 Å². The monoisotopic (exact) mass is 194 g/mol. The standard InChI is InChI=1S/C10H10O4/c1-14-9(10(12)13)8-5-3-2-4-7(8)6-11/h2-6,9H,1H3,(H,12,13). The van der Waals surface area contributed by atoms with Gasteiger partial charge in [-0.25, -0.2) is 4.79 Å². The second-order valence-electron chi connectivity index (χ2n) is 2.70. The Morgan fingerprint density at radius 3 is 2.64 bits per heavy atom. The molecule has 0 aromatic heterocycles. The molecule has 1 unspecified atom stereocenters. The van der Waals surface area contributed by atoms with Crippen LogP contribution in [0.3, 0.4) is 0 Å². The van der Waals surface area contributed by atoms with Crippen LogP contribution in [0.2, 0.25) is 0 Å². The Hall–Kier alpha value is -1.68. The third-order valence-electron chi connectivity index (χ3n) is 1.87. The zero-order valence-electron chi connectivity index (χ0n) is 7.64. The number of carboxylic acids is 1. The Bertz CT molecular complexity index is 346. The Balaban J connectivity index is 3.15. The average Bonchev–Trinajstić information content (AvgIpc) is 2.19. The molecule has 1 aromatic carbocycles. The highest BCUT2D eigenvalue weighted by atomic mass is 16.5. The van der Waals surface area contributed by atoms with Crippen molar-refractivity contribution < 1.29 is 19.4 Å². The minimum Gasteiger partial charge on any atom is -0.479 e. The number of hydrogen-bond acceptors (Lipinski definition) is 3. The summed E-state index contributed by atoms with van der Waals surface area (Å²) in [6, 6.07) is 6.45. The lowest BCUT2D eigenvalue weighted by atomic mass is 10.0. The summed E-state index contributed by atoms with van der Waals surface area (Å²) >= 11 is 0. The number of hydrogen-bond donors (Lipinski definition) is 1. The van der Waals surface area contributed by atoms with Gasteiger partial charge in [0.05, 0.1) is 0 Å². The van der Waals surface area contributed by atoms with Gasteiger partial charge in [0.2, 0.25) is 0 Å². The molecule has 14 heavy (non-hydrogen) atoms. The smallest absolute Gasteiger partial charge is 0.337 e. The van der Waals surface area contributed by atoms with E-state index in [0.29, 0.717) is 17.4 Å². The molecule has 0 aliphatic carbocycles. The van der Waals surface area contributed by atoms with E-state index in [0.717, 1.165) is 0 Å². The van der Waals surface area contributed by atoms with Crippen molar-refractivity contribution in [3.05, 3.63) is 35.4 Å². The number of carbonyl (C=O) groups is 2. The van der Waals surface area contributed by atoms with Crippen molar-refractivity contribution in [1.82, 2.24) is 0 Å². The maximum absolute atomic E-state index is 10.8. The van der Waals surface area contributed by atoms with Gasteiger partial charge in [0.25, 0.3) is 0 Å². The number of rotatable bonds is 4. The van der Waals surface area contributed by atoms with Crippen molar-refractivity contribution in [2.45, 2.75) is 6.10 Å². The van der Waals surface area contributed by atoms with Crippen LogP contribution in [-0.2, 0) is 9.53 Å². The molecule has 1 N–H and O–H groups in total. The first-order valence-corrected chi connectivity index (χ1v) is 4.00. The molecule has 0 fully saturated rings. The van der Waals surface area contributed by atoms with E-state index in [2.05, 4.69) is 0 Å². The maximum atomic E-state index is 10.8. The molecular formula is C10H10O4. The SMILES string of the molecule is COC(C(=O)O)c1ccccc1C=O. The van der Waals surface area contributed by atoms with Crippen molar-refractivity contribution in [2.24, 2.45) is 0 Å². The first kappa shape index (κ1) is 10.4. The molecule has 1 aromatic rings. The molecule has 74 valence electrons. The lowest BCUT2D eigenvalue weighted by molar-refractivity contribution is -0.148. The molecule has 0 amide bonds. The summed E-state index contributed by atoms with van der Waals surface area (Å²) in [4.78, 5) is 21.4. The molecule has 0 heterocycles. The van der Waals surface area contributed by atoms with Crippen molar-refractivity contribution in [2.75, 3.05) is 7.11 Å². The van der Waals surface area contributed by atoms with Gasteiger partial charge in [-0.3, -0.25) is 4.79 Å². The second-order valence-corrected chi connectivity index (χ2v) is 2.70. The van der Waals surface area contributed by atoms with E-state index in [9.17, 15) is 9.59 Å². The number of methoxy groups -OCH3 is 1. The number of aliphatic carboxylic acids is 1. The predicted octanol–water partition coefficient (Wildman–Crippen LogP) is 1.27. The van der Waals surface area contributed by atoms with Gasteiger partial charge in [-0.15, -0.1) is 0 Å². The van der Waals surface area contributed by atoms with E-state index in [4.69, 9.17) is 9.84 Å². The third-order valence-corrected chi connectivity index (χ3v) is 1.87. The van der Waals surface area contributed by atoms with Crippen LogP contribution in [0.4, 0.5) is 0 Å². The molecular weight excluding hydrogens is 184 g/mol. The van der Waals surface area contributed by atoms with Gasteiger partial charge in [0.1, 0.15) is 6.29 Å². The molecule has 0 aliphatic heterocycles. The molecule has 0 bridgehead atoms. The van der Waals surface area contributed by atoms with Crippen molar-refractivity contribution in [1.29, 1.82) is 0 Å². The fraction of sp³-hybridized carbons (Fsp3) is 0.200. The van der Waals surface area contributed by atoms with Crippen LogP contribution in [-0.4, -0.2) is 24.5 Å². The molecule has 0 spiro atoms. The second kappa shape index (κ2) is 4.53. The number of benzene rings is 1. The number of aldehydes is 1. The quantitative estimate of drug-likeness (QED) is 0.733. The minimum absolute atomic E-state index is 0.335. The Morgan fingerprint density at radius 2 is 2.14 bits per heavy atom. The predicted molar refractivity (Wildman–Crippen MR) is 49.2 cm³/mol. The highest BCUT2D eigenvalue weighted by Crippen LogP contribution is 2.19.